The third-order valence-corrected chi connectivity index (χ3v) is 5.16. The lowest BCUT2D eigenvalue weighted by molar-refractivity contribution is -0.00176. The van der Waals surface area contributed by atoms with Crippen LogP contribution >= 0.6 is 11.3 Å². The lowest BCUT2D eigenvalue weighted by Crippen LogP contribution is -2.28. The van der Waals surface area contributed by atoms with E-state index in [0.717, 1.165) is 17.7 Å². The van der Waals surface area contributed by atoms with Gasteiger partial charge in [0.25, 0.3) is 5.91 Å². The number of carbonyl (C=O) groups excluding carboxylic acids is 1. The van der Waals surface area contributed by atoms with E-state index in [4.69, 9.17) is 4.74 Å². The number of hydrogen-bond donors (Lipinski definition) is 1. The number of nitrogens with zero attached hydrogens (tertiary/aromatic N) is 3. The van der Waals surface area contributed by atoms with Crippen molar-refractivity contribution in [2.75, 3.05) is 6.54 Å². The lowest BCUT2D eigenvalue weighted by Gasteiger charge is -2.24. The average molecular weight is 354 g/mol. The summed E-state index contributed by atoms with van der Waals surface area (Å²) >= 11 is 1.69. The maximum atomic E-state index is 12.4. The highest BCUT2D eigenvalue weighted by Gasteiger charge is 2.27. The summed E-state index contributed by atoms with van der Waals surface area (Å²) in [6.07, 6.45) is 0.754. The zero-order valence-electron chi connectivity index (χ0n) is 13.6. The van der Waals surface area contributed by atoms with Crippen molar-refractivity contribution in [3.8, 4) is 0 Å². The molecule has 0 bridgehead atoms. The highest BCUT2D eigenvalue weighted by molar-refractivity contribution is 7.09. The van der Waals surface area contributed by atoms with E-state index in [9.17, 15) is 4.79 Å². The van der Waals surface area contributed by atoms with E-state index < -0.39 is 0 Å². The highest BCUT2D eigenvalue weighted by Crippen LogP contribution is 2.26. The van der Waals surface area contributed by atoms with E-state index in [1.54, 1.807) is 16.0 Å². The second-order valence-corrected chi connectivity index (χ2v) is 6.89. The Bertz CT molecular complexity index is 845. The molecule has 1 N–H and O–H groups in total. The maximum absolute atomic E-state index is 12.4. The topological polar surface area (TPSA) is 69.0 Å². The molecular formula is C18H18N4O2S. The number of hydrogen-bond acceptors (Lipinski definition) is 5. The average Bonchev–Trinajstić information content (AvgIpc) is 3.31. The molecule has 128 valence electrons. The first-order chi connectivity index (χ1) is 12.3. The van der Waals surface area contributed by atoms with Crippen LogP contribution in [0.3, 0.4) is 0 Å². The van der Waals surface area contributed by atoms with Crippen LogP contribution in [0.25, 0.3) is 0 Å². The Morgan fingerprint density at radius 2 is 2.16 bits per heavy atom. The van der Waals surface area contributed by atoms with Crippen LogP contribution in [0.5, 0.6) is 0 Å². The molecular weight excluding hydrogens is 336 g/mol. The van der Waals surface area contributed by atoms with Crippen LogP contribution < -0.4 is 5.32 Å². The maximum Gasteiger partial charge on any atom is 0.273 e. The number of rotatable bonds is 5. The Morgan fingerprint density at radius 3 is 2.96 bits per heavy atom. The first-order valence-corrected chi connectivity index (χ1v) is 9.09. The molecule has 3 heterocycles. The third-order valence-electron chi connectivity index (χ3n) is 4.22. The van der Waals surface area contributed by atoms with Gasteiger partial charge >= 0.3 is 0 Å². The predicted octanol–water partition coefficient (Wildman–Crippen LogP) is 2.58. The van der Waals surface area contributed by atoms with E-state index in [1.807, 2.05) is 41.8 Å². The minimum absolute atomic E-state index is 0.0647. The molecule has 0 saturated heterocycles. The summed E-state index contributed by atoms with van der Waals surface area (Å²) in [6.45, 7) is 1.48. The van der Waals surface area contributed by atoms with Crippen LogP contribution in [-0.2, 0) is 24.3 Å². The fourth-order valence-corrected chi connectivity index (χ4v) is 3.60. The van der Waals surface area contributed by atoms with E-state index >= 15 is 0 Å². The second kappa shape index (κ2) is 7.16. The molecule has 0 spiro atoms. The minimum Gasteiger partial charge on any atom is -0.365 e. The standard InChI is InChI=1S/C18H18N4O2S/c23-18(19-9-8-14-7-4-10-25-14)17-15-12-24-16(11-22(15)21-20-17)13-5-2-1-3-6-13/h1-7,10,16H,8-9,11-12H2,(H,19,23)/t16-/m0/s1. The molecule has 1 amide bonds. The highest BCUT2D eigenvalue weighted by atomic mass is 32.1. The Kier molecular flexibility index (Phi) is 4.58. The first-order valence-electron chi connectivity index (χ1n) is 8.21. The molecule has 6 nitrogen and oxygen atoms in total. The van der Waals surface area contributed by atoms with E-state index in [2.05, 4.69) is 21.7 Å². The van der Waals surface area contributed by atoms with Crippen molar-refractivity contribution in [1.29, 1.82) is 0 Å². The molecule has 1 atom stereocenters. The number of benzene rings is 1. The van der Waals surface area contributed by atoms with Gasteiger partial charge in [0.05, 0.1) is 18.8 Å². The third kappa shape index (κ3) is 3.47. The Morgan fingerprint density at radius 1 is 1.28 bits per heavy atom. The molecule has 1 aliphatic heterocycles. The fraction of sp³-hybridized carbons (Fsp3) is 0.278. The van der Waals surface area contributed by atoms with Gasteiger partial charge < -0.3 is 10.1 Å². The summed E-state index contributed by atoms with van der Waals surface area (Å²) in [7, 11) is 0. The van der Waals surface area contributed by atoms with Crippen molar-refractivity contribution in [2.24, 2.45) is 0 Å². The van der Waals surface area contributed by atoms with Crippen LogP contribution in [-0.4, -0.2) is 27.4 Å². The van der Waals surface area contributed by atoms with Crippen LogP contribution in [0.2, 0.25) is 0 Å². The smallest absolute Gasteiger partial charge is 0.273 e. The van der Waals surface area contributed by atoms with E-state index in [-0.39, 0.29) is 12.0 Å². The molecule has 0 unspecified atom stereocenters. The number of amides is 1. The molecule has 0 radical (unpaired) electrons. The van der Waals surface area contributed by atoms with Gasteiger partial charge in [0, 0.05) is 11.4 Å². The normalized spacial score (nSPS) is 16.4. The minimum atomic E-state index is -0.195. The molecule has 3 aromatic rings. The van der Waals surface area contributed by atoms with Crippen molar-refractivity contribution in [1.82, 2.24) is 20.3 Å². The lowest BCUT2D eigenvalue weighted by atomic mass is 10.1. The summed E-state index contributed by atoms with van der Waals surface area (Å²) in [5.41, 5.74) is 2.20. The predicted molar refractivity (Wildman–Crippen MR) is 94.4 cm³/mol. The van der Waals surface area contributed by atoms with Gasteiger partial charge in [-0.15, -0.1) is 16.4 Å². The Hall–Kier alpha value is -2.51. The summed E-state index contributed by atoms with van der Waals surface area (Å²) in [5.74, 6) is -0.195. The Labute approximate surface area is 149 Å². The zero-order valence-corrected chi connectivity index (χ0v) is 14.4. The first kappa shape index (κ1) is 16.0. The number of thiophene rings is 1. The molecule has 2 aromatic heterocycles. The van der Waals surface area contributed by atoms with Gasteiger partial charge in [-0.05, 0) is 23.4 Å². The number of fused-ring (bicyclic) bond motifs is 1. The molecule has 7 heteroatoms. The zero-order chi connectivity index (χ0) is 17.1. The van der Waals surface area contributed by atoms with Crippen LogP contribution in [0, 0.1) is 0 Å². The Balaban J connectivity index is 1.40. The van der Waals surface area contributed by atoms with Gasteiger partial charge in [-0.2, -0.15) is 0 Å². The monoisotopic (exact) mass is 354 g/mol. The van der Waals surface area contributed by atoms with Gasteiger partial charge in [-0.1, -0.05) is 41.6 Å². The van der Waals surface area contributed by atoms with Crippen molar-refractivity contribution >= 4 is 17.2 Å². The molecule has 0 aliphatic carbocycles. The summed E-state index contributed by atoms with van der Waals surface area (Å²) in [6, 6.07) is 14.1. The van der Waals surface area contributed by atoms with Gasteiger partial charge in [-0.3, -0.25) is 4.79 Å². The SMILES string of the molecule is O=C(NCCc1cccs1)c1nnn2c1CO[C@H](c1ccccc1)C2. The van der Waals surface area contributed by atoms with E-state index in [0.29, 0.717) is 25.4 Å². The number of aromatic nitrogens is 3. The van der Waals surface area contributed by atoms with Gasteiger partial charge in [0.2, 0.25) is 0 Å². The molecule has 0 fully saturated rings. The number of ether oxygens (including phenoxy) is 1. The van der Waals surface area contributed by atoms with Crippen molar-refractivity contribution < 1.29 is 9.53 Å². The van der Waals surface area contributed by atoms with Gasteiger partial charge in [0.15, 0.2) is 5.69 Å². The number of nitrogens with one attached hydrogen (secondary N) is 1. The van der Waals surface area contributed by atoms with Gasteiger partial charge in [0.1, 0.15) is 6.10 Å². The molecule has 1 aromatic carbocycles. The van der Waals surface area contributed by atoms with Crippen LogP contribution in [0.4, 0.5) is 0 Å². The second-order valence-electron chi connectivity index (χ2n) is 5.86. The van der Waals surface area contributed by atoms with E-state index in [1.165, 1.54) is 4.88 Å². The largest absolute Gasteiger partial charge is 0.365 e. The summed E-state index contributed by atoms with van der Waals surface area (Å²) < 4.78 is 7.70. The van der Waals surface area contributed by atoms with Crippen molar-refractivity contribution in [3.05, 3.63) is 69.7 Å². The van der Waals surface area contributed by atoms with Crippen molar-refractivity contribution in [3.63, 3.8) is 0 Å². The molecule has 1 aliphatic rings. The van der Waals surface area contributed by atoms with Gasteiger partial charge in [-0.25, -0.2) is 4.68 Å². The quantitative estimate of drug-likeness (QED) is 0.765. The molecule has 0 saturated carbocycles. The number of carbonyl (C=O) groups is 1. The van der Waals surface area contributed by atoms with Crippen LogP contribution in [0.15, 0.2) is 47.8 Å². The molecule has 25 heavy (non-hydrogen) atoms. The summed E-state index contributed by atoms with van der Waals surface area (Å²) in [5, 5.41) is 13.2. The molecule has 4 rings (SSSR count). The van der Waals surface area contributed by atoms with Crippen LogP contribution in [0.1, 0.15) is 32.7 Å². The van der Waals surface area contributed by atoms with Crippen molar-refractivity contribution in [2.45, 2.75) is 25.7 Å². The summed E-state index contributed by atoms with van der Waals surface area (Å²) in [4.78, 5) is 13.6. The fourth-order valence-electron chi connectivity index (χ4n) is 2.90.